The number of benzene rings is 1. The zero-order valence-corrected chi connectivity index (χ0v) is 18.3. The van der Waals surface area contributed by atoms with Gasteiger partial charge in [-0.05, 0) is 17.2 Å². The Kier molecular flexibility index (Phi) is 7.89. The van der Waals surface area contributed by atoms with Gasteiger partial charge in [0.25, 0.3) is 0 Å². The highest BCUT2D eigenvalue weighted by Gasteiger charge is 2.12. The van der Waals surface area contributed by atoms with Crippen LogP contribution in [0, 0.1) is 5.82 Å². The number of aromatic nitrogens is 3. The number of carbonyl (C=O) groups excluding carboxylic acids is 1. The molecule has 2 N–H and O–H groups in total. The molecule has 1 amide bonds. The number of carbonyl (C=O) groups is 1. The van der Waals surface area contributed by atoms with E-state index in [4.69, 9.17) is 4.74 Å². The molecule has 0 unspecified atom stereocenters. The van der Waals surface area contributed by atoms with Gasteiger partial charge in [0.2, 0.25) is 11.8 Å². The summed E-state index contributed by atoms with van der Waals surface area (Å²) in [6.45, 7) is 5.48. The molecule has 0 spiro atoms. The number of rotatable bonds is 9. The Morgan fingerprint density at radius 3 is 2.61 bits per heavy atom. The third-order valence-corrected chi connectivity index (χ3v) is 5.39. The second kappa shape index (κ2) is 11.4. The summed E-state index contributed by atoms with van der Waals surface area (Å²) in [6.07, 6.45) is 4.96. The van der Waals surface area contributed by atoms with E-state index in [0.29, 0.717) is 23.6 Å². The molecular formula is C24H27FN6O2. The number of nitrogens with one attached hydrogen (secondary N) is 2. The fourth-order valence-electron chi connectivity index (χ4n) is 3.57. The zero-order valence-electron chi connectivity index (χ0n) is 18.3. The van der Waals surface area contributed by atoms with Crippen LogP contribution < -0.4 is 15.4 Å². The first-order valence-electron chi connectivity index (χ1n) is 11.0. The largest absolute Gasteiger partial charge is 0.476 e. The van der Waals surface area contributed by atoms with E-state index in [1.54, 1.807) is 30.6 Å². The minimum Gasteiger partial charge on any atom is -0.476 e. The molecule has 1 saturated heterocycles. The quantitative estimate of drug-likeness (QED) is 0.514. The van der Waals surface area contributed by atoms with Gasteiger partial charge in [-0.1, -0.05) is 24.3 Å². The summed E-state index contributed by atoms with van der Waals surface area (Å²) in [5.74, 6) is 0.309. The Morgan fingerprint density at radius 2 is 1.88 bits per heavy atom. The normalized spacial score (nSPS) is 14.1. The standard InChI is InChI=1S/C24H27FN6O2/c25-21-15-24(33-13-12-31-10-8-26-9-11-31)30-16-20(21)19-4-2-18(3-5-19)14-23(32)29-17-22-27-6-1-7-28-22/h1-7,15-16,26H,8-14,17H2,(H,29,32). The van der Waals surface area contributed by atoms with Crippen LogP contribution in [0.1, 0.15) is 11.4 Å². The van der Waals surface area contributed by atoms with Gasteiger partial charge in [0.1, 0.15) is 18.2 Å². The Hall–Kier alpha value is -3.43. The van der Waals surface area contributed by atoms with Crippen LogP contribution in [0.5, 0.6) is 5.88 Å². The third-order valence-electron chi connectivity index (χ3n) is 5.39. The maximum atomic E-state index is 14.7. The fourth-order valence-corrected chi connectivity index (χ4v) is 3.57. The maximum absolute atomic E-state index is 14.7. The number of piperazine rings is 1. The molecule has 1 aliphatic heterocycles. The van der Waals surface area contributed by atoms with E-state index in [2.05, 4.69) is 30.5 Å². The zero-order chi connectivity index (χ0) is 22.9. The highest BCUT2D eigenvalue weighted by Crippen LogP contribution is 2.25. The van der Waals surface area contributed by atoms with E-state index >= 15 is 0 Å². The van der Waals surface area contributed by atoms with Crippen LogP contribution in [0.3, 0.4) is 0 Å². The number of hydrogen-bond donors (Lipinski definition) is 2. The molecule has 3 heterocycles. The molecule has 0 saturated carbocycles. The van der Waals surface area contributed by atoms with Crippen LogP contribution in [0.15, 0.2) is 55.0 Å². The average molecular weight is 451 g/mol. The summed E-state index contributed by atoms with van der Waals surface area (Å²) in [5.41, 5.74) is 1.90. The molecule has 0 atom stereocenters. The molecule has 172 valence electrons. The van der Waals surface area contributed by atoms with E-state index in [-0.39, 0.29) is 24.8 Å². The first kappa shape index (κ1) is 22.8. The lowest BCUT2D eigenvalue weighted by Crippen LogP contribution is -2.44. The predicted molar refractivity (Wildman–Crippen MR) is 122 cm³/mol. The van der Waals surface area contributed by atoms with Gasteiger partial charge in [-0.15, -0.1) is 0 Å². The Labute approximate surface area is 192 Å². The predicted octanol–water partition coefficient (Wildman–Crippen LogP) is 1.82. The van der Waals surface area contributed by atoms with Crippen molar-refractivity contribution in [1.29, 1.82) is 0 Å². The molecular weight excluding hydrogens is 423 g/mol. The second-order valence-electron chi connectivity index (χ2n) is 7.76. The van der Waals surface area contributed by atoms with Gasteiger partial charge >= 0.3 is 0 Å². The summed E-state index contributed by atoms with van der Waals surface area (Å²) < 4.78 is 20.3. The van der Waals surface area contributed by atoms with Crippen LogP contribution in [0.2, 0.25) is 0 Å². The molecule has 1 aliphatic rings. The molecule has 1 fully saturated rings. The maximum Gasteiger partial charge on any atom is 0.224 e. The molecule has 8 nitrogen and oxygen atoms in total. The van der Waals surface area contributed by atoms with Crippen LogP contribution >= 0.6 is 0 Å². The number of halogens is 1. The van der Waals surface area contributed by atoms with Gasteiger partial charge in [0, 0.05) is 62.9 Å². The lowest BCUT2D eigenvalue weighted by molar-refractivity contribution is -0.120. The molecule has 1 aromatic carbocycles. The second-order valence-corrected chi connectivity index (χ2v) is 7.76. The Balaban J connectivity index is 1.28. The van der Waals surface area contributed by atoms with E-state index < -0.39 is 5.82 Å². The van der Waals surface area contributed by atoms with Crippen molar-refractivity contribution in [2.75, 3.05) is 39.3 Å². The molecule has 9 heteroatoms. The molecule has 4 rings (SSSR count). The number of hydrogen-bond acceptors (Lipinski definition) is 7. The van der Waals surface area contributed by atoms with E-state index in [9.17, 15) is 9.18 Å². The van der Waals surface area contributed by atoms with Crippen molar-refractivity contribution < 1.29 is 13.9 Å². The topological polar surface area (TPSA) is 92.3 Å². The van der Waals surface area contributed by atoms with Crippen LogP contribution in [-0.4, -0.2) is 65.1 Å². The van der Waals surface area contributed by atoms with E-state index in [1.165, 1.54) is 12.3 Å². The number of pyridine rings is 1. The van der Waals surface area contributed by atoms with Crippen LogP contribution in [0.4, 0.5) is 4.39 Å². The minimum atomic E-state index is -0.393. The van der Waals surface area contributed by atoms with Gasteiger partial charge in [0.05, 0.1) is 13.0 Å². The first-order valence-corrected chi connectivity index (χ1v) is 11.0. The van der Waals surface area contributed by atoms with E-state index in [0.717, 1.165) is 38.3 Å². The van der Waals surface area contributed by atoms with Gasteiger partial charge in [0.15, 0.2) is 0 Å². The van der Waals surface area contributed by atoms with Crippen molar-refractivity contribution in [3.8, 4) is 17.0 Å². The van der Waals surface area contributed by atoms with Crippen molar-refractivity contribution >= 4 is 5.91 Å². The van der Waals surface area contributed by atoms with Crippen molar-refractivity contribution in [1.82, 2.24) is 30.5 Å². The van der Waals surface area contributed by atoms with Gasteiger partial charge in [-0.25, -0.2) is 19.3 Å². The Bertz CT molecular complexity index is 1040. The minimum absolute atomic E-state index is 0.134. The first-order chi connectivity index (χ1) is 16.2. The summed E-state index contributed by atoms with van der Waals surface area (Å²) in [7, 11) is 0. The molecule has 2 aromatic heterocycles. The molecule has 0 aliphatic carbocycles. The number of nitrogens with zero attached hydrogens (tertiary/aromatic N) is 4. The van der Waals surface area contributed by atoms with Crippen molar-refractivity contribution in [3.05, 3.63) is 72.2 Å². The summed E-state index contributed by atoms with van der Waals surface area (Å²) in [6, 6.07) is 10.2. The third kappa shape index (κ3) is 6.77. The van der Waals surface area contributed by atoms with E-state index in [1.807, 2.05) is 12.1 Å². The average Bonchev–Trinajstić information content (AvgIpc) is 2.85. The number of ether oxygens (including phenoxy) is 1. The molecule has 0 bridgehead atoms. The van der Waals surface area contributed by atoms with Gasteiger partial charge in [-0.2, -0.15) is 0 Å². The molecule has 0 radical (unpaired) electrons. The molecule has 3 aromatic rings. The monoisotopic (exact) mass is 450 g/mol. The Morgan fingerprint density at radius 1 is 1.12 bits per heavy atom. The van der Waals surface area contributed by atoms with Gasteiger partial charge in [-0.3, -0.25) is 9.69 Å². The lowest BCUT2D eigenvalue weighted by Gasteiger charge is -2.26. The number of amides is 1. The molecule has 33 heavy (non-hydrogen) atoms. The van der Waals surface area contributed by atoms with Crippen molar-refractivity contribution in [3.63, 3.8) is 0 Å². The van der Waals surface area contributed by atoms with Gasteiger partial charge < -0.3 is 15.4 Å². The highest BCUT2D eigenvalue weighted by atomic mass is 19.1. The summed E-state index contributed by atoms with van der Waals surface area (Å²) >= 11 is 0. The van der Waals surface area contributed by atoms with Crippen molar-refractivity contribution in [2.45, 2.75) is 13.0 Å². The lowest BCUT2D eigenvalue weighted by atomic mass is 10.0. The van der Waals surface area contributed by atoms with Crippen LogP contribution in [0.25, 0.3) is 11.1 Å². The van der Waals surface area contributed by atoms with Crippen LogP contribution in [-0.2, 0) is 17.8 Å². The summed E-state index contributed by atoms with van der Waals surface area (Å²) in [5, 5.41) is 6.10. The van der Waals surface area contributed by atoms with Crippen molar-refractivity contribution in [2.24, 2.45) is 0 Å². The smallest absolute Gasteiger partial charge is 0.224 e. The SMILES string of the molecule is O=C(Cc1ccc(-c2cnc(OCCN3CCNCC3)cc2F)cc1)NCc1ncccn1. The highest BCUT2D eigenvalue weighted by molar-refractivity contribution is 5.78. The summed E-state index contributed by atoms with van der Waals surface area (Å²) in [4.78, 5) is 26.9. The fraction of sp³-hybridized carbons (Fsp3) is 0.333.